The summed E-state index contributed by atoms with van der Waals surface area (Å²) in [5.74, 6) is -0.199. The van der Waals surface area contributed by atoms with Crippen molar-refractivity contribution in [3.63, 3.8) is 0 Å². The molecule has 0 unspecified atom stereocenters. The lowest BCUT2D eigenvalue weighted by molar-refractivity contribution is -0.384. The molecule has 0 aliphatic carbocycles. The van der Waals surface area contributed by atoms with E-state index in [1.807, 2.05) is 19.1 Å². The molecule has 3 aromatic carbocycles. The van der Waals surface area contributed by atoms with Crippen LogP contribution in [0.5, 0.6) is 0 Å². The molecule has 1 aliphatic rings. The van der Waals surface area contributed by atoms with Crippen LogP contribution in [0.2, 0.25) is 5.02 Å². The Labute approximate surface area is 245 Å². The molecule has 1 saturated heterocycles. The predicted molar refractivity (Wildman–Crippen MR) is 161 cm³/mol. The highest BCUT2D eigenvalue weighted by Gasteiger charge is 2.24. The molecule has 1 heterocycles. The van der Waals surface area contributed by atoms with Crippen molar-refractivity contribution in [1.29, 1.82) is 0 Å². The Bertz CT molecular complexity index is 1360. The molecule has 41 heavy (non-hydrogen) atoms. The molecule has 10 heteroatoms. The Morgan fingerprint density at radius 1 is 1.05 bits per heavy atom. The minimum atomic E-state index is -0.634. The predicted octanol–water partition coefficient (Wildman–Crippen LogP) is 6.12. The smallest absolute Gasteiger partial charge is 0.288 e. The van der Waals surface area contributed by atoms with Crippen LogP contribution < -0.4 is 15.5 Å². The molecular formula is C31H35ClN4O5. The van der Waals surface area contributed by atoms with Crippen LogP contribution in [-0.4, -0.2) is 49.6 Å². The molecule has 3 aromatic rings. The van der Waals surface area contributed by atoms with Gasteiger partial charge in [0, 0.05) is 55.9 Å². The zero-order valence-corrected chi connectivity index (χ0v) is 23.9. The van der Waals surface area contributed by atoms with Crippen LogP contribution in [-0.2, 0) is 11.2 Å². The summed E-state index contributed by atoms with van der Waals surface area (Å²) in [5.41, 5.74) is 2.76. The Hall–Kier alpha value is -3.95. The summed E-state index contributed by atoms with van der Waals surface area (Å²) in [6, 6.07) is 19.6. The highest BCUT2D eigenvalue weighted by atomic mass is 35.5. The monoisotopic (exact) mass is 578 g/mol. The second-order valence-corrected chi connectivity index (χ2v) is 10.4. The lowest BCUT2D eigenvalue weighted by Gasteiger charge is -2.35. The van der Waals surface area contributed by atoms with Crippen LogP contribution in [0.3, 0.4) is 0 Å². The second kappa shape index (κ2) is 14.6. The van der Waals surface area contributed by atoms with Gasteiger partial charge in [-0.2, -0.15) is 0 Å². The van der Waals surface area contributed by atoms with Crippen LogP contribution >= 0.6 is 11.6 Å². The fourth-order valence-corrected chi connectivity index (χ4v) is 5.20. The van der Waals surface area contributed by atoms with Crippen molar-refractivity contribution < 1.29 is 19.2 Å². The van der Waals surface area contributed by atoms with Crippen molar-refractivity contribution in [2.24, 2.45) is 5.92 Å². The van der Waals surface area contributed by atoms with Gasteiger partial charge in [0.15, 0.2) is 0 Å². The number of nitro groups is 1. The fourth-order valence-electron chi connectivity index (χ4n) is 5.01. The van der Waals surface area contributed by atoms with E-state index in [9.17, 15) is 19.7 Å². The third-order valence-electron chi connectivity index (χ3n) is 7.18. The lowest BCUT2D eigenvalue weighted by atomic mass is 9.89. The van der Waals surface area contributed by atoms with E-state index in [0.717, 1.165) is 44.1 Å². The standard InChI is InChI=1S/C31H35ClN4O5/c1-2-41-18-6-15-33-31(38)26-21-25(34-30(37)24-9-11-27(32)29(20-24)36(39)40)10-12-28(26)35-16-13-23(14-17-35)19-22-7-4-3-5-8-22/h3-5,7-12,20-21,23H,2,6,13-19H2,1H3,(H,33,38)(H,34,37). The fraction of sp³-hybridized carbons (Fsp3) is 0.355. The topological polar surface area (TPSA) is 114 Å². The summed E-state index contributed by atoms with van der Waals surface area (Å²) in [7, 11) is 0. The Balaban J connectivity index is 1.50. The summed E-state index contributed by atoms with van der Waals surface area (Å²) in [5, 5.41) is 16.9. The Morgan fingerprint density at radius 2 is 1.80 bits per heavy atom. The Morgan fingerprint density at radius 3 is 2.51 bits per heavy atom. The average molecular weight is 579 g/mol. The minimum absolute atomic E-state index is 0.0493. The van der Waals surface area contributed by atoms with Gasteiger partial charge >= 0.3 is 0 Å². The second-order valence-electron chi connectivity index (χ2n) is 10.0. The van der Waals surface area contributed by atoms with E-state index in [0.29, 0.717) is 43.3 Å². The first-order chi connectivity index (χ1) is 19.9. The number of halogens is 1. The number of piperidine rings is 1. The highest BCUT2D eigenvalue weighted by molar-refractivity contribution is 6.32. The van der Waals surface area contributed by atoms with Crippen molar-refractivity contribution >= 4 is 40.5 Å². The molecule has 2 N–H and O–H groups in total. The van der Waals surface area contributed by atoms with Gasteiger partial charge in [-0.15, -0.1) is 0 Å². The number of amides is 2. The van der Waals surface area contributed by atoms with Gasteiger partial charge in [0.2, 0.25) is 0 Å². The van der Waals surface area contributed by atoms with E-state index in [-0.39, 0.29) is 22.2 Å². The van der Waals surface area contributed by atoms with Crippen LogP contribution in [0.1, 0.15) is 52.5 Å². The molecular weight excluding hydrogens is 544 g/mol. The number of hydrogen-bond acceptors (Lipinski definition) is 6. The number of nitro benzene ring substituents is 1. The number of nitrogens with one attached hydrogen (secondary N) is 2. The van der Waals surface area contributed by atoms with Gasteiger partial charge in [0.05, 0.1) is 10.5 Å². The maximum Gasteiger partial charge on any atom is 0.288 e. The zero-order valence-electron chi connectivity index (χ0n) is 23.1. The normalized spacial score (nSPS) is 13.6. The molecule has 9 nitrogen and oxygen atoms in total. The number of anilines is 2. The first-order valence-corrected chi connectivity index (χ1v) is 14.3. The van der Waals surface area contributed by atoms with Crippen LogP contribution in [0, 0.1) is 16.0 Å². The molecule has 0 atom stereocenters. The van der Waals surface area contributed by atoms with Gasteiger partial charge in [-0.05, 0) is 74.4 Å². The minimum Gasteiger partial charge on any atom is -0.382 e. The lowest BCUT2D eigenvalue weighted by Crippen LogP contribution is -2.36. The molecule has 216 valence electrons. The Kier molecular flexibility index (Phi) is 10.7. The number of benzene rings is 3. The SMILES string of the molecule is CCOCCCNC(=O)c1cc(NC(=O)c2ccc(Cl)c([N+](=O)[O-])c2)ccc1N1CCC(Cc2ccccc2)CC1. The van der Waals surface area contributed by atoms with E-state index in [1.54, 1.807) is 12.1 Å². The number of nitrogens with zero attached hydrogens (tertiary/aromatic N) is 2. The van der Waals surface area contributed by atoms with Crippen LogP contribution in [0.15, 0.2) is 66.7 Å². The molecule has 0 aromatic heterocycles. The van der Waals surface area contributed by atoms with E-state index in [1.165, 1.54) is 17.7 Å². The molecule has 0 saturated carbocycles. The summed E-state index contributed by atoms with van der Waals surface area (Å²) in [6.45, 7) is 5.21. The van der Waals surface area contributed by atoms with Gasteiger partial charge < -0.3 is 20.3 Å². The number of carbonyl (C=O) groups is 2. The third-order valence-corrected chi connectivity index (χ3v) is 7.50. The molecule has 0 radical (unpaired) electrons. The van der Waals surface area contributed by atoms with Gasteiger partial charge in [-0.1, -0.05) is 41.9 Å². The van der Waals surface area contributed by atoms with Crippen molar-refractivity contribution in [3.05, 3.63) is 98.6 Å². The van der Waals surface area contributed by atoms with E-state index >= 15 is 0 Å². The van der Waals surface area contributed by atoms with E-state index in [4.69, 9.17) is 16.3 Å². The molecule has 0 spiro atoms. The van der Waals surface area contributed by atoms with Crippen molar-refractivity contribution in [2.45, 2.75) is 32.6 Å². The van der Waals surface area contributed by atoms with Crippen molar-refractivity contribution in [1.82, 2.24) is 5.32 Å². The first-order valence-electron chi connectivity index (χ1n) is 13.9. The first kappa shape index (κ1) is 30.0. The van der Waals surface area contributed by atoms with Gasteiger partial charge in [0.25, 0.3) is 17.5 Å². The van der Waals surface area contributed by atoms with Crippen molar-refractivity contribution in [2.75, 3.05) is 43.1 Å². The van der Waals surface area contributed by atoms with Gasteiger partial charge in [-0.25, -0.2) is 0 Å². The highest BCUT2D eigenvalue weighted by Crippen LogP contribution is 2.31. The molecule has 2 amide bonds. The van der Waals surface area contributed by atoms with Gasteiger partial charge in [0.1, 0.15) is 5.02 Å². The number of ether oxygens (including phenoxy) is 1. The summed E-state index contributed by atoms with van der Waals surface area (Å²) < 4.78 is 5.37. The quantitative estimate of drug-likeness (QED) is 0.152. The summed E-state index contributed by atoms with van der Waals surface area (Å²) >= 11 is 5.89. The largest absolute Gasteiger partial charge is 0.382 e. The summed E-state index contributed by atoms with van der Waals surface area (Å²) in [4.78, 5) is 39.1. The van der Waals surface area contributed by atoms with Crippen molar-refractivity contribution in [3.8, 4) is 0 Å². The maximum atomic E-state index is 13.3. The number of rotatable bonds is 12. The summed E-state index contributed by atoms with van der Waals surface area (Å²) in [6.07, 6.45) is 3.75. The van der Waals surface area contributed by atoms with Crippen LogP contribution in [0.25, 0.3) is 0 Å². The van der Waals surface area contributed by atoms with Crippen LogP contribution in [0.4, 0.5) is 17.1 Å². The van der Waals surface area contributed by atoms with E-state index in [2.05, 4.69) is 39.8 Å². The zero-order chi connectivity index (χ0) is 29.2. The van der Waals surface area contributed by atoms with Gasteiger partial charge in [-0.3, -0.25) is 19.7 Å². The molecule has 1 aliphatic heterocycles. The molecule has 1 fully saturated rings. The maximum absolute atomic E-state index is 13.3. The number of carbonyl (C=O) groups excluding carboxylic acids is 2. The number of hydrogen-bond donors (Lipinski definition) is 2. The third kappa shape index (κ3) is 8.28. The van der Waals surface area contributed by atoms with E-state index < -0.39 is 10.8 Å². The average Bonchev–Trinajstić information content (AvgIpc) is 2.98. The molecule has 0 bridgehead atoms. The molecule has 4 rings (SSSR count).